The van der Waals surface area contributed by atoms with Crippen LogP contribution in [0.1, 0.15) is 35.3 Å². The smallest absolute Gasteiger partial charge is 0.245 e. The number of nitrogens with one attached hydrogen (secondary N) is 1. The second-order valence-electron chi connectivity index (χ2n) is 5.73. The quantitative estimate of drug-likeness (QED) is 0.916. The molecule has 3 rings (SSSR count). The van der Waals surface area contributed by atoms with Crippen molar-refractivity contribution in [2.45, 2.75) is 52.2 Å². The van der Waals surface area contributed by atoms with Crippen molar-refractivity contribution in [3.05, 3.63) is 15.6 Å². The molecule has 2 atom stereocenters. The Hall–Kier alpha value is -1.43. The maximum atomic E-state index is 12.4. The second-order valence-corrected chi connectivity index (χ2v) is 7.02. The van der Waals surface area contributed by atoms with Gasteiger partial charge in [0.2, 0.25) is 11.8 Å². The van der Waals surface area contributed by atoms with Crippen LogP contribution in [0, 0.1) is 19.8 Å². The maximum Gasteiger partial charge on any atom is 0.245 e. The third-order valence-corrected chi connectivity index (χ3v) is 5.12. The fraction of sp³-hybridized carbons (Fsp3) is 0.643. The first kappa shape index (κ1) is 13.5. The molecular formula is C14H19N3O2S. The fourth-order valence-electron chi connectivity index (χ4n) is 2.70. The van der Waals surface area contributed by atoms with E-state index >= 15 is 0 Å². The number of rotatable bonds is 3. The lowest BCUT2D eigenvalue weighted by Gasteiger charge is -2.37. The van der Waals surface area contributed by atoms with Crippen LogP contribution < -0.4 is 5.32 Å². The minimum absolute atomic E-state index is 0.00649. The molecule has 2 fully saturated rings. The first-order valence-electron chi connectivity index (χ1n) is 7.01. The molecule has 0 radical (unpaired) electrons. The summed E-state index contributed by atoms with van der Waals surface area (Å²) >= 11 is 1.61. The van der Waals surface area contributed by atoms with Gasteiger partial charge < -0.3 is 10.2 Å². The van der Waals surface area contributed by atoms with Gasteiger partial charge in [0.1, 0.15) is 17.1 Å². The summed E-state index contributed by atoms with van der Waals surface area (Å²) in [4.78, 5) is 32.0. The van der Waals surface area contributed by atoms with Crippen LogP contribution >= 0.6 is 11.3 Å². The summed E-state index contributed by atoms with van der Waals surface area (Å²) in [7, 11) is 0. The highest BCUT2D eigenvalue weighted by atomic mass is 32.1. The van der Waals surface area contributed by atoms with Crippen molar-refractivity contribution in [1.82, 2.24) is 15.2 Å². The Morgan fingerprint density at radius 2 is 2.05 bits per heavy atom. The lowest BCUT2D eigenvalue weighted by molar-refractivity contribution is -0.150. The zero-order valence-electron chi connectivity index (χ0n) is 12.0. The first-order chi connectivity index (χ1) is 9.47. The zero-order valence-corrected chi connectivity index (χ0v) is 12.8. The number of piperazine rings is 1. The normalized spacial score (nSPS) is 26.9. The molecule has 5 nitrogen and oxygen atoms in total. The monoisotopic (exact) mass is 293 g/mol. The van der Waals surface area contributed by atoms with Gasteiger partial charge in [-0.3, -0.25) is 9.59 Å². The van der Waals surface area contributed by atoms with E-state index in [9.17, 15) is 9.59 Å². The standard InChI is InChI=1S/C14H19N3O2S/c1-7-9(3)20-11(15-7)6-17-12(10-4-5-10)13(18)16-8(2)14(17)19/h8,10,12H,4-6H2,1-3H3,(H,16,18). The summed E-state index contributed by atoms with van der Waals surface area (Å²) in [5, 5.41) is 3.70. The van der Waals surface area contributed by atoms with Crippen molar-refractivity contribution < 1.29 is 9.59 Å². The molecule has 2 amide bonds. The van der Waals surface area contributed by atoms with E-state index in [2.05, 4.69) is 10.3 Å². The summed E-state index contributed by atoms with van der Waals surface area (Å²) in [6.07, 6.45) is 2.07. The van der Waals surface area contributed by atoms with Crippen molar-refractivity contribution in [2.75, 3.05) is 0 Å². The highest BCUT2D eigenvalue weighted by Crippen LogP contribution is 2.37. The molecule has 1 aliphatic carbocycles. The van der Waals surface area contributed by atoms with Crippen molar-refractivity contribution in [1.29, 1.82) is 0 Å². The molecule has 2 heterocycles. The molecule has 1 aromatic rings. The van der Waals surface area contributed by atoms with Gasteiger partial charge in [0.05, 0.1) is 12.2 Å². The molecular weight excluding hydrogens is 274 g/mol. The molecule has 20 heavy (non-hydrogen) atoms. The average Bonchev–Trinajstić information content (AvgIpc) is 3.14. The predicted molar refractivity (Wildman–Crippen MR) is 76.3 cm³/mol. The van der Waals surface area contributed by atoms with Crippen LogP contribution in [0.3, 0.4) is 0 Å². The van der Waals surface area contributed by atoms with Gasteiger partial charge >= 0.3 is 0 Å². The topological polar surface area (TPSA) is 62.3 Å². The number of hydrogen-bond acceptors (Lipinski definition) is 4. The molecule has 6 heteroatoms. The largest absolute Gasteiger partial charge is 0.343 e. The number of hydrogen-bond donors (Lipinski definition) is 1. The number of aromatic nitrogens is 1. The molecule has 0 bridgehead atoms. The Morgan fingerprint density at radius 1 is 1.35 bits per heavy atom. The highest BCUT2D eigenvalue weighted by molar-refractivity contribution is 7.11. The molecule has 108 valence electrons. The van der Waals surface area contributed by atoms with Crippen LogP contribution in [-0.2, 0) is 16.1 Å². The Morgan fingerprint density at radius 3 is 2.60 bits per heavy atom. The van der Waals surface area contributed by atoms with Gasteiger partial charge in [0.15, 0.2) is 0 Å². The van der Waals surface area contributed by atoms with Gasteiger partial charge in [-0.2, -0.15) is 0 Å². The average molecular weight is 293 g/mol. The number of aryl methyl sites for hydroxylation is 2. The predicted octanol–water partition coefficient (Wildman–Crippen LogP) is 1.39. The van der Waals surface area contributed by atoms with Crippen molar-refractivity contribution in [3.63, 3.8) is 0 Å². The van der Waals surface area contributed by atoms with E-state index in [0.29, 0.717) is 12.5 Å². The van der Waals surface area contributed by atoms with Crippen LogP contribution in [0.25, 0.3) is 0 Å². The van der Waals surface area contributed by atoms with Gasteiger partial charge in [0.25, 0.3) is 0 Å². The third-order valence-electron chi connectivity index (χ3n) is 4.06. The number of thiazole rings is 1. The summed E-state index contributed by atoms with van der Waals surface area (Å²) in [5.74, 6) is 0.324. The number of amides is 2. The molecule has 1 saturated carbocycles. The van der Waals surface area contributed by atoms with E-state index in [4.69, 9.17) is 0 Å². The molecule has 0 aromatic carbocycles. The lowest BCUT2D eigenvalue weighted by Crippen LogP contribution is -2.62. The van der Waals surface area contributed by atoms with Gasteiger partial charge in [-0.25, -0.2) is 4.98 Å². The minimum atomic E-state index is -0.431. The van der Waals surface area contributed by atoms with E-state index in [1.807, 2.05) is 13.8 Å². The first-order valence-corrected chi connectivity index (χ1v) is 7.82. The van der Waals surface area contributed by atoms with Crippen molar-refractivity contribution >= 4 is 23.2 Å². The van der Waals surface area contributed by atoms with Crippen LogP contribution in [0.15, 0.2) is 0 Å². The van der Waals surface area contributed by atoms with E-state index in [1.54, 1.807) is 23.2 Å². The van der Waals surface area contributed by atoms with Crippen LogP contribution in [-0.4, -0.2) is 33.8 Å². The number of carbonyl (C=O) groups is 2. The Kier molecular flexibility index (Phi) is 3.28. The Balaban J connectivity index is 1.86. The van der Waals surface area contributed by atoms with Crippen LogP contribution in [0.4, 0.5) is 0 Å². The van der Waals surface area contributed by atoms with Gasteiger partial charge in [-0.05, 0) is 39.5 Å². The van der Waals surface area contributed by atoms with Crippen molar-refractivity contribution in [3.8, 4) is 0 Å². The number of carbonyl (C=O) groups excluding carboxylic acids is 2. The Labute approximate surface area is 122 Å². The van der Waals surface area contributed by atoms with E-state index in [-0.39, 0.29) is 17.9 Å². The summed E-state index contributed by atoms with van der Waals surface area (Å²) in [6, 6.07) is -0.733. The van der Waals surface area contributed by atoms with E-state index in [0.717, 1.165) is 23.5 Å². The van der Waals surface area contributed by atoms with Gasteiger partial charge in [0, 0.05) is 4.88 Å². The summed E-state index contributed by atoms with van der Waals surface area (Å²) in [6.45, 7) is 6.20. The number of nitrogens with zero attached hydrogens (tertiary/aromatic N) is 2. The third kappa shape index (κ3) is 2.32. The maximum absolute atomic E-state index is 12.4. The molecule has 1 saturated heterocycles. The fourth-order valence-corrected chi connectivity index (χ4v) is 3.63. The van der Waals surface area contributed by atoms with E-state index < -0.39 is 6.04 Å². The lowest BCUT2D eigenvalue weighted by atomic mass is 10.0. The molecule has 2 unspecified atom stereocenters. The van der Waals surface area contributed by atoms with Crippen molar-refractivity contribution in [2.24, 2.45) is 5.92 Å². The second kappa shape index (κ2) is 4.84. The summed E-state index contributed by atoms with van der Waals surface area (Å²) < 4.78 is 0. The van der Waals surface area contributed by atoms with Crippen LogP contribution in [0.2, 0.25) is 0 Å². The zero-order chi connectivity index (χ0) is 14.4. The Bertz CT molecular complexity index is 545. The molecule has 1 aromatic heterocycles. The SMILES string of the molecule is Cc1nc(CN2C(=O)C(C)NC(=O)C2C2CC2)sc1C. The van der Waals surface area contributed by atoms with Gasteiger partial charge in [-0.1, -0.05) is 0 Å². The van der Waals surface area contributed by atoms with Gasteiger partial charge in [-0.15, -0.1) is 11.3 Å². The molecule has 1 N–H and O–H groups in total. The van der Waals surface area contributed by atoms with E-state index in [1.165, 1.54) is 4.88 Å². The minimum Gasteiger partial charge on any atom is -0.343 e. The van der Waals surface area contributed by atoms with Crippen LogP contribution in [0.5, 0.6) is 0 Å². The summed E-state index contributed by atoms with van der Waals surface area (Å²) in [5.41, 5.74) is 1.01. The highest BCUT2D eigenvalue weighted by Gasteiger charge is 2.46. The molecule has 0 spiro atoms. The molecule has 1 aliphatic heterocycles. The molecule has 2 aliphatic rings.